The molecule has 1 saturated carbocycles. The predicted octanol–water partition coefficient (Wildman–Crippen LogP) is 11.8. The van der Waals surface area contributed by atoms with Crippen LogP contribution in [0.3, 0.4) is 0 Å². The Balaban J connectivity index is 1.28. The summed E-state index contributed by atoms with van der Waals surface area (Å²) in [5.41, 5.74) is 19.0. The van der Waals surface area contributed by atoms with Gasteiger partial charge in [-0.25, -0.2) is 0 Å². The molecule has 56 heavy (non-hydrogen) atoms. The predicted molar refractivity (Wildman–Crippen MR) is 236 cm³/mol. The summed E-state index contributed by atoms with van der Waals surface area (Å²) in [5.74, 6) is 0. The number of nitrogens with zero attached hydrogens (tertiary/aromatic N) is 2. The molecular formula is C53H47BN2. The lowest BCUT2D eigenvalue weighted by Crippen LogP contribution is -2.71. The van der Waals surface area contributed by atoms with Crippen molar-refractivity contribution in [2.75, 3.05) is 9.71 Å². The van der Waals surface area contributed by atoms with E-state index in [4.69, 9.17) is 0 Å². The van der Waals surface area contributed by atoms with Crippen LogP contribution in [0.15, 0.2) is 146 Å². The monoisotopic (exact) mass is 722 g/mol. The Hall–Kier alpha value is -5.54. The van der Waals surface area contributed by atoms with Crippen LogP contribution in [0, 0.1) is 0 Å². The normalized spacial score (nSPS) is 21.9. The highest BCUT2D eigenvalue weighted by Crippen LogP contribution is 2.65. The number of benzene rings is 7. The molecule has 0 N–H and O–H groups in total. The first kappa shape index (κ1) is 32.7. The highest BCUT2D eigenvalue weighted by molar-refractivity contribution is 6.93. The van der Waals surface area contributed by atoms with Crippen LogP contribution in [0.25, 0.3) is 21.9 Å². The van der Waals surface area contributed by atoms with E-state index in [-0.39, 0.29) is 23.2 Å². The summed E-state index contributed by atoms with van der Waals surface area (Å²) in [4.78, 5) is 5.67. The van der Waals surface area contributed by atoms with Gasteiger partial charge in [0, 0.05) is 33.6 Å². The van der Waals surface area contributed by atoms with Crippen molar-refractivity contribution in [2.24, 2.45) is 0 Å². The average molecular weight is 723 g/mol. The molecule has 0 aromatic heterocycles. The minimum atomic E-state index is -0.508. The zero-order valence-electron chi connectivity index (χ0n) is 33.2. The molecule has 0 amide bonds. The summed E-state index contributed by atoms with van der Waals surface area (Å²) in [6, 6.07) is 56.2. The quantitative estimate of drug-likeness (QED) is 0.164. The van der Waals surface area contributed by atoms with E-state index in [0.29, 0.717) is 0 Å². The lowest BCUT2D eigenvalue weighted by atomic mass is 9.41. The maximum atomic E-state index is 2.99. The number of hydrogen-bond donors (Lipinski definition) is 0. The number of hydrogen-bond acceptors (Lipinski definition) is 2. The summed E-state index contributed by atoms with van der Waals surface area (Å²) < 4.78 is 0. The first-order valence-electron chi connectivity index (χ1n) is 20.9. The van der Waals surface area contributed by atoms with E-state index in [1.807, 2.05) is 0 Å². The molecule has 0 spiro atoms. The first-order valence-corrected chi connectivity index (χ1v) is 20.9. The molecule has 1 aliphatic carbocycles. The van der Waals surface area contributed by atoms with Crippen molar-refractivity contribution in [2.45, 2.75) is 82.1 Å². The van der Waals surface area contributed by atoms with Gasteiger partial charge in [-0.3, -0.25) is 0 Å². The molecule has 0 saturated heterocycles. The highest BCUT2D eigenvalue weighted by Gasteiger charge is 2.64. The summed E-state index contributed by atoms with van der Waals surface area (Å²) in [5, 5.41) is 2.67. The van der Waals surface area contributed by atoms with Gasteiger partial charge in [-0.15, -0.1) is 0 Å². The second-order valence-corrected chi connectivity index (χ2v) is 18.7. The van der Waals surface area contributed by atoms with Gasteiger partial charge in [-0.05, 0) is 104 Å². The van der Waals surface area contributed by atoms with E-state index >= 15 is 0 Å². The van der Waals surface area contributed by atoms with Gasteiger partial charge in [0.25, 0.3) is 0 Å². The molecule has 2 atom stereocenters. The SMILES string of the molecule is CC(C)(C)c1cc2c3c(c1)C1(C)CCCCC1(C)N3B1c3cccc4c3N(c3ccccc3C4(c3ccccc3)c3ccccc3)c3cc4ccccc4c-2c31. The van der Waals surface area contributed by atoms with Gasteiger partial charge in [0.15, 0.2) is 0 Å². The van der Waals surface area contributed by atoms with Gasteiger partial charge < -0.3 is 9.71 Å². The fourth-order valence-electron chi connectivity index (χ4n) is 12.4. The van der Waals surface area contributed by atoms with Crippen LogP contribution >= 0.6 is 0 Å². The van der Waals surface area contributed by atoms with Gasteiger partial charge in [-0.1, -0.05) is 168 Å². The number of rotatable bonds is 2. The van der Waals surface area contributed by atoms with E-state index in [2.05, 4.69) is 190 Å². The Morgan fingerprint density at radius 2 is 1.25 bits per heavy atom. The second kappa shape index (κ2) is 10.9. The Morgan fingerprint density at radius 3 is 2.00 bits per heavy atom. The van der Waals surface area contributed by atoms with Gasteiger partial charge in [-0.2, -0.15) is 0 Å². The van der Waals surface area contributed by atoms with Crippen molar-refractivity contribution in [3.05, 3.63) is 179 Å². The van der Waals surface area contributed by atoms with Crippen molar-refractivity contribution in [1.82, 2.24) is 0 Å². The lowest BCUT2D eigenvalue weighted by Gasteiger charge is -2.56. The fraction of sp³-hybridized carbons (Fsp3) is 0.245. The molecule has 0 bridgehead atoms. The van der Waals surface area contributed by atoms with E-state index in [1.54, 1.807) is 5.56 Å². The summed E-state index contributed by atoms with van der Waals surface area (Å²) >= 11 is 0. The summed E-state index contributed by atoms with van der Waals surface area (Å²) in [6.07, 6.45) is 4.95. The van der Waals surface area contributed by atoms with Gasteiger partial charge in [0.1, 0.15) is 0 Å². The van der Waals surface area contributed by atoms with Crippen LogP contribution in [0.5, 0.6) is 0 Å². The van der Waals surface area contributed by atoms with Crippen molar-refractivity contribution < 1.29 is 0 Å². The van der Waals surface area contributed by atoms with Crippen molar-refractivity contribution in [3.63, 3.8) is 0 Å². The number of fused-ring (bicyclic) bond motifs is 11. The van der Waals surface area contributed by atoms with Gasteiger partial charge in [0.2, 0.25) is 0 Å². The Kier molecular flexibility index (Phi) is 6.33. The standard InChI is InChI=1S/C53H47BN2/c1-50(2,3)37-32-39-46-38-24-13-12-19-34(38)31-45-47(46)54(56-48(39)42(33-37)51(4)29-16-17-30-52(51,56)5)43-27-18-26-41-49(43)55(45)44-28-15-14-25-40(44)53(41,35-20-8-6-9-21-35)36-22-10-7-11-23-36/h6-15,18-28,31-33H,16-17,29-30H2,1-5H3. The van der Waals surface area contributed by atoms with Crippen LogP contribution in [0.1, 0.15) is 93.7 Å². The first-order chi connectivity index (χ1) is 27.2. The van der Waals surface area contributed by atoms with E-state index in [1.165, 1.54) is 109 Å². The smallest absolute Gasteiger partial charge is 0.328 e. The van der Waals surface area contributed by atoms with E-state index in [0.717, 1.165) is 0 Å². The molecule has 1 fully saturated rings. The average Bonchev–Trinajstić information content (AvgIpc) is 3.43. The molecule has 12 rings (SSSR count). The molecule has 4 heterocycles. The maximum Gasteiger partial charge on any atom is 0.328 e. The van der Waals surface area contributed by atoms with Crippen LogP contribution < -0.4 is 20.6 Å². The zero-order valence-corrected chi connectivity index (χ0v) is 33.2. The van der Waals surface area contributed by atoms with E-state index in [9.17, 15) is 0 Å². The second-order valence-electron chi connectivity index (χ2n) is 18.7. The van der Waals surface area contributed by atoms with E-state index < -0.39 is 5.41 Å². The van der Waals surface area contributed by atoms with Crippen LogP contribution in [-0.4, -0.2) is 12.4 Å². The fourth-order valence-corrected chi connectivity index (χ4v) is 12.4. The molecule has 272 valence electrons. The zero-order chi connectivity index (χ0) is 37.8. The van der Waals surface area contributed by atoms with Crippen LogP contribution in [0.2, 0.25) is 0 Å². The molecule has 2 nitrogen and oxygen atoms in total. The topological polar surface area (TPSA) is 6.48 Å². The molecule has 3 heteroatoms. The molecule has 7 aromatic carbocycles. The third kappa shape index (κ3) is 3.76. The molecule has 2 unspecified atom stereocenters. The van der Waals surface area contributed by atoms with Crippen molar-refractivity contribution in [1.29, 1.82) is 0 Å². The number of para-hydroxylation sites is 2. The lowest BCUT2D eigenvalue weighted by molar-refractivity contribution is 0.199. The van der Waals surface area contributed by atoms with Gasteiger partial charge >= 0.3 is 6.85 Å². The van der Waals surface area contributed by atoms with Crippen LogP contribution in [-0.2, 0) is 16.2 Å². The molecule has 0 radical (unpaired) electrons. The highest BCUT2D eigenvalue weighted by atomic mass is 15.2. The Labute approximate surface area is 331 Å². The Morgan fingerprint density at radius 1 is 0.589 bits per heavy atom. The summed E-state index contributed by atoms with van der Waals surface area (Å²) in [6.45, 7) is 12.5. The molecule has 5 aliphatic rings. The van der Waals surface area contributed by atoms with Crippen LogP contribution in [0.4, 0.5) is 22.7 Å². The van der Waals surface area contributed by atoms with Crippen molar-refractivity contribution >= 4 is 51.3 Å². The Bertz CT molecular complexity index is 2760. The third-order valence-electron chi connectivity index (χ3n) is 15.2. The third-order valence-corrected chi connectivity index (χ3v) is 15.2. The molecular weight excluding hydrogens is 675 g/mol. The molecule has 4 aliphatic heterocycles. The summed E-state index contributed by atoms with van der Waals surface area (Å²) in [7, 11) is 0. The number of anilines is 4. The van der Waals surface area contributed by atoms with Crippen molar-refractivity contribution in [3.8, 4) is 11.1 Å². The largest absolute Gasteiger partial charge is 0.400 e. The molecule has 7 aromatic rings. The minimum absolute atomic E-state index is 0.0212. The maximum absolute atomic E-state index is 2.99. The minimum Gasteiger partial charge on any atom is -0.400 e. The van der Waals surface area contributed by atoms with Gasteiger partial charge in [0.05, 0.1) is 11.1 Å².